The van der Waals surface area contributed by atoms with Crippen molar-refractivity contribution in [3.05, 3.63) is 0 Å². The van der Waals surface area contributed by atoms with Gasteiger partial charge in [0.15, 0.2) is 0 Å². The monoisotopic (exact) mass is 747 g/mol. The van der Waals surface area contributed by atoms with Crippen LogP contribution in [0.15, 0.2) is 0 Å². The van der Waals surface area contributed by atoms with Crippen LogP contribution in [0.4, 0.5) is 0 Å². The topological polar surface area (TPSA) is 137 Å². The second-order valence-electron chi connectivity index (χ2n) is 21.9. The molecule has 13 aliphatic rings. The number of rotatable bonds is 0. The Kier molecular flexibility index (Phi) is 9.29. The SMILES string of the molecule is OC1C(O)C2C3C4CC5CCC(CC6CCC(CC7CCC(CC(N4)C3C1C1C3CC4CCC(CC8CCC(CC9CCC(CC(N3)C12)N9)N8)N4)N7)N6)N5. The molecule has 10 nitrogen and oxygen atoms in total. The lowest BCUT2D eigenvalue weighted by Crippen LogP contribution is -2.67. The van der Waals surface area contributed by atoms with Gasteiger partial charge in [-0.1, -0.05) is 0 Å². The van der Waals surface area contributed by atoms with Crippen molar-refractivity contribution in [3.63, 3.8) is 0 Å². The van der Waals surface area contributed by atoms with E-state index in [0.29, 0.717) is 120 Å². The highest BCUT2D eigenvalue weighted by atomic mass is 16.3. The normalized spacial score (nSPS) is 60.6. The van der Waals surface area contributed by atoms with Crippen molar-refractivity contribution in [3.8, 4) is 0 Å². The molecule has 302 valence electrons. The molecule has 3 aliphatic carbocycles. The predicted octanol–water partition coefficient (Wildman–Crippen LogP) is 1.99. The summed E-state index contributed by atoms with van der Waals surface area (Å²) in [6.07, 6.45) is 24.3. The Bertz CT molecular complexity index is 1190. The molecule has 18 bridgehead atoms. The Labute approximate surface area is 324 Å². The third-order valence-corrected chi connectivity index (χ3v) is 19.0. The molecule has 0 aromatic rings. The van der Waals surface area contributed by atoms with E-state index in [-0.39, 0.29) is 11.8 Å². The number of aliphatic hydroxyl groups is 2. The van der Waals surface area contributed by atoms with Gasteiger partial charge in [-0.15, -0.1) is 0 Å². The summed E-state index contributed by atoms with van der Waals surface area (Å²) >= 11 is 0. The average Bonchev–Trinajstić information content (AvgIpc) is 4.00. The molecule has 10 saturated heterocycles. The molecule has 10 heterocycles. The molecule has 0 spiro atoms. The fraction of sp³-hybridized carbons (Fsp3) is 1.00. The van der Waals surface area contributed by atoms with Crippen LogP contribution in [0.2, 0.25) is 0 Å². The van der Waals surface area contributed by atoms with Gasteiger partial charge < -0.3 is 52.7 Å². The van der Waals surface area contributed by atoms with E-state index in [1.165, 1.54) is 128 Å². The van der Waals surface area contributed by atoms with E-state index in [1.54, 1.807) is 0 Å². The Morgan fingerprint density at radius 3 is 0.611 bits per heavy atom. The first kappa shape index (κ1) is 35.5. The molecule has 3 saturated carbocycles. The highest BCUT2D eigenvalue weighted by molar-refractivity contribution is 5.23. The highest BCUT2D eigenvalue weighted by Crippen LogP contribution is 2.64. The molecule has 0 aromatic carbocycles. The summed E-state index contributed by atoms with van der Waals surface area (Å²) in [5, 5.41) is 58.4. The third-order valence-electron chi connectivity index (χ3n) is 19.0. The largest absolute Gasteiger partial charge is 0.390 e. The van der Waals surface area contributed by atoms with Gasteiger partial charge in [0.25, 0.3) is 0 Å². The van der Waals surface area contributed by atoms with Gasteiger partial charge in [0, 0.05) is 96.7 Å². The second kappa shape index (κ2) is 14.1. The van der Waals surface area contributed by atoms with Crippen LogP contribution < -0.4 is 42.5 Å². The molecule has 0 amide bonds. The molecular weight excluding hydrogens is 673 g/mol. The fourth-order valence-electron chi connectivity index (χ4n) is 17.2. The van der Waals surface area contributed by atoms with Crippen molar-refractivity contribution in [2.75, 3.05) is 0 Å². The summed E-state index contributed by atoms with van der Waals surface area (Å²) in [6, 6.07) is 9.12. The zero-order valence-corrected chi connectivity index (χ0v) is 32.9. The first-order valence-electron chi connectivity index (χ1n) is 23.9. The zero-order chi connectivity index (χ0) is 35.7. The standard InChI is InChI=1S/C44H74N8O2/c53-43-41-37-33-17-29-9-5-25(47-29)13-21-1-2-22(45-21)14-26-6-10-30(48-26)18-34(51-33)38(37)42(44(43)54)40-36-20-32-12-8-28(50-32)16-24-4-3-23(46-24)15-27-7-11-31(49-27)19-35(52-36)39(40)41/h21-54H,1-20H2. The van der Waals surface area contributed by atoms with Crippen LogP contribution in [-0.2, 0) is 0 Å². The Morgan fingerprint density at radius 1 is 0.222 bits per heavy atom. The van der Waals surface area contributed by atoms with Crippen LogP contribution in [0.5, 0.6) is 0 Å². The number of fused-ring (bicyclic) bond motifs is 17. The van der Waals surface area contributed by atoms with Crippen LogP contribution >= 0.6 is 0 Å². The van der Waals surface area contributed by atoms with E-state index in [1.807, 2.05) is 0 Å². The van der Waals surface area contributed by atoms with Gasteiger partial charge >= 0.3 is 0 Å². The molecule has 0 radical (unpaired) electrons. The van der Waals surface area contributed by atoms with Gasteiger partial charge in [-0.25, -0.2) is 0 Å². The van der Waals surface area contributed by atoms with Crippen molar-refractivity contribution in [1.82, 2.24) is 42.5 Å². The molecule has 0 aromatic heterocycles. The predicted molar refractivity (Wildman–Crippen MR) is 211 cm³/mol. The molecule has 54 heavy (non-hydrogen) atoms. The summed E-state index contributed by atoms with van der Waals surface area (Å²) in [5.41, 5.74) is 0. The molecule has 22 atom stereocenters. The first-order chi connectivity index (χ1) is 26.5. The summed E-state index contributed by atoms with van der Waals surface area (Å²) in [6.45, 7) is 0. The van der Waals surface area contributed by atoms with Crippen LogP contribution in [0.1, 0.15) is 128 Å². The van der Waals surface area contributed by atoms with E-state index in [9.17, 15) is 10.2 Å². The van der Waals surface area contributed by atoms with Crippen LogP contribution in [0.3, 0.4) is 0 Å². The molecule has 13 rings (SSSR count). The minimum Gasteiger partial charge on any atom is -0.390 e. The van der Waals surface area contributed by atoms with Crippen molar-refractivity contribution in [1.29, 1.82) is 0 Å². The van der Waals surface area contributed by atoms with Crippen molar-refractivity contribution >= 4 is 0 Å². The van der Waals surface area contributed by atoms with E-state index in [0.717, 1.165) is 0 Å². The molecular formula is C44H74N8O2. The maximum Gasteiger partial charge on any atom is 0.0836 e. The molecule has 22 unspecified atom stereocenters. The van der Waals surface area contributed by atoms with Crippen LogP contribution in [0, 0.1) is 35.5 Å². The molecule has 13 fully saturated rings. The van der Waals surface area contributed by atoms with E-state index in [4.69, 9.17) is 0 Å². The van der Waals surface area contributed by atoms with Gasteiger partial charge in [0.1, 0.15) is 0 Å². The van der Waals surface area contributed by atoms with E-state index >= 15 is 0 Å². The zero-order valence-electron chi connectivity index (χ0n) is 32.9. The molecule has 10 heteroatoms. The second-order valence-corrected chi connectivity index (χ2v) is 21.9. The summed E-state index contributed by atoms with van der Waals surface area (Å²) in [5.74, 6) is 2.12. The summed E-state index contributed by atoms with van der Waals surface area (Å²) < 4.78 is 0. The first-order valence-corrected chi connectivity index (χ1v) is 23.9. The van der Waals surface area contributed by atoms with Gasteiger partial charge in [0.05, 0.1) is 12.2 Å². The fourth-order valence-corrected chi connectivity index (χ4v) is 17.2. The van der Waals surface area contributed by atoms with Crippen molar-refractivity contribution in [2.45, 2.75) is 237 Å². The maximum absolute atomic E-state index is 12.4. The third kappa shape index (κ3) is 6.23. The van der Waals surface area contributed by atoms with Gasteiger partial charge in [-0.2, -0.15) is 0 Å². The lowest BCUT2D eigenvalue weighted by Gasteiger charge is -2.60. The minimum atomic E-state index is -0.605. The average molecular weight is 747 g/mol. The number of hydrogen-bond donors (Lipinski definition) is 10. The van der Waals surface area contributed by atoms with Crippen LogP contribution in [-0.4, -0.2) is 119 Å². The smallest absolute Gasteiger partial charge is 0.0836 e. The quantitative estimate of drug-likeness (QED) is 0.179. The summed E-state index contributed by atoms with van der Waals surface area (Å²) in [7, 11) is 0. The summed E-state index contributed by atoms with van der Waals surface area (Å²) in [4.78, 5) is 0. The Hall–Kier alpha value is -0.400. The molecule has 10 N–H and O–H groups in total. The Balaban J connectivity index is 0.870. The van der Waals surface area contributed by atoms with Gasteiger partial charge in [0.2, 0.25) is 0 Å². The lowest BCUT2D eigenvalue weighted by atomic mass is 9.45. The van der Waals surface area contributed by atoms with E-state index in [2.05, 4.69) is 42.5 Å². The molecule has 10 aliphatic heterocycles. The van der Waals surface area contributed by atoms with Gasteiger partial charge in [-0.3, -0.25) is 0 Å². The number of nitrogens with one attached hydrogen (secondary N) is 8. The minimum absolute atomic E-state index is 0.164. The number of aliphatic hydroxyl groups excluding tert-OH is 2. The Morgan fingerprint density at radius 2 is 0.407 bits per heavy atom. The number of hydrogen-bond acceptors (Lipinski definition) is 10. The van der Waals surface area contributed by atoms with Crippen LogP contribution in [0.25, 0.3) is 0 Å². The maximum atomic E-state index is 12.4. The van der Waals surface area contributed by atoms with Crippen molar-refractivity contribution < 1.29 is 10.2 Å². The highest BCUT2D eigenvalue weighted by Gasteiger charge is 2.70. The van der Waals surface area contributed by atoms with Crippen molar-refractivity contribution in [2.24, 2.45) is 35.5 Å². The van der Waals surface area contributed by atoms with E-state index < -0.39 is 12.2 Å². The lowest BCUT2D eigenvalue weighted by molar-refractivity contribution is -0.207. The van der Waals surface area contributed by atoms with Gasteiger partial charge in [-0.05, 0) is 164 Å².